The lowest BCUT2D eigenvalue weighted by atomic mass is 9.97. The van der Waals surface area contributed by atoms with Gasteiger partial charge in [0.2, 0.25) is 15.9 Å². The molecule has 1 N–H and O–H groups in total. The summed E-state index contributed by atoms with van der Waals surface area (Å²) < 4.78 is 32.3. The predicted octanol–water partition coefficient (Wildman–Crippen LogP) is 1.93. The minimum Gasteiger partial charge on any atom is -0.497 e. The lowest BCUT2D eigenvalue weighted by molar-refractivity contribution is -0.126. The molecule has 1 aromatic rings. The Hall–Kier alpha value is -1.60. The summed E-state index contributed by atoms with van der Waals surface area (Å²) in [5.74, 6) is 0.576. The van der Waals surface area contributed by atoms with E-state index in [1.165, 1.54) is 4.31 Å². The van der Waals surface area contributed by atoms with Crippen LogP contribution in [0.4, 0.5) is 0 Å². The fourth-order valence-electron chi connectivity index (χ4n) is 2.93. The number of carbonyl (C=O) groups excluding carboxylic acids is 1. The topological polar surface area (TPSA) is 75.7 Å². The Kier molecular flexibility index (Phi) is 6.23. The molecule has 0 aliphatic carbocycles. The van der Waals surface area contributed by atoms with Crippen molar-refractivity contribution in [3.8, 4) is 5.75 Å². The Bertz CT molecular complexity index is 680. The molecule has 1 aliphatic rings. The molecule has 1 saturated heterocycles. The van der Waals surface area contributed by atoms with E-state index in [4.69, 9.17) is 4.74 Å². The first-order valence-electron chi connectivity index (χ1n) is 8.32. The minimum absolute atomic E-state index is 0.0366. The van der Waals surface area contributed by atoms with E-state index in [-0.39, 0.29) is 11.8 Å². The van der Waals surface area contributed by atoms with Gasteiger partial charge in [-0.3, -0.25) is 4.79 Å². The fourth-order valence-corrected chi connectivity index (χ4v) is 4.60. The molecule has 1 amide bonds. The summed E-state index contributed by atoms with van der Waals surface area (Å²) in [5.41, 5.74) is 0.664. The number of nitrogens with one attached hydrogen (secondary N) is 1. The Morgan fingerprint density at radius 3 is 2.54 bits per heavy atom. The molecule has 2 rings (SSSR count). The van der Waals surface area contributed by atoms with E-state index in [9.17, 15) is 13.2 Å². The predicted molar refractivity (Wildman–Crippen MR) is 92.5 cm³/mol. The SMILES string of the molecule is CCCNC(=O)C1CCN(S(=O)(=O)c2ccc(OC)cc2C)CC1. The van der Waals surface area contributed by atoms with Crippen molar-refractivity contribution >= 4 is 15.9 Å². The summed E-state index contributed by atoms with van der Waals surface area (Å²) in [6.45, 7) is 5.19. The van der Waals surface area contributed by atoms with Crippen molar-refractivity contribution in [3.63, 3.8) is 0 Å². The van der Waals surface area contributed by atoms with Gasteiger partial charge >= 0.3 is 0 Å². The van der Waals surface area contributed by atoms with Crippen molar-refractivity contribution < 1.29 is 17.9 Å². The van der Waals surface area contributed by atoms with Gasteiger partial charge in [-0.25, -0.2) is 8.42 Å². The zero-order chi connectivity index (χ0) is 17.7. The van der Waals surface area contributed by atoms with Gasteiger partial charge in [-0.2, -0.15) is 4.31 Å². The minimum atomic E-state index is -3.54. The highest BCUT2D eigenvalue weighted by Crippen LogP contribution is 2.27. The highest BCUT2D eigenvalue weighted by Gasteiger charge is 2.32. The summed E-state index contributed by atoms with van der Waals surface area (Å²) in [6, 6.07) is 4.96. The van der Waals surface area contributed by atoms with Crippen LogP contribution < -0.4 is 10.1 Å². The number of sulfonamides is 1. The van der Waals surface area contributed by atoms with Crippen molar-refractivity contribution in [1.29, 1.82) is 0 Å². The molecular formula is C17H26N2O4S. The van der Waals surface area contributed by atoms with Crippen molar-refractivity contribution in [3.05, 3.63) is 23.8 Å². The second-order valence-electron chi connectivity index (χ2n) is 6.10. The van der Waals surface area contributed by atoms with Crippen LogP contribution in [0.25, 0.3) is 0 Å². The third-order valence-electron chi connectivity index (χ3n) is 4.37. The van der Waals surface area contributed by atoms with Gasteiger partial charge in [0, 0.05) is 25.6 Å². The van der Waals surface area contributed by atoms with Crippen LogP contribution in [-0.4, -0.2) is 45.4 Å². The molecule has 1 fully saturated rings. The van der Waals surface area contributed by atoms with Crippen molar-refractivity contribution in [2.24, 2.45) is 5.92 Å². The van der Waals surface area contributed by atoms with Gasteiger partial charge in [-0.1, -0.05) is 6.92 Å². The Balaban J connectivity index is 2.06. The van der Waals surface area contributed by atoms with Gasteiger partial charge in [0.1, 0.15) is 5.75 Å². The number of hydrogen-bond donors (Lipinski definition) is 1. The smallest absolute Gasteiger partial charge is 0.243 e. The molecule has 0 atom stereocenters. The standard InChI is InChI=1S/C17H26N2O4S/c1-4-9-18-17(20)14-7-10-19(11-8-14)24(21,22)16-6-5-15(23-3)12-13(16)2/h5-6,12,14H,4,7-11H2,1-3H3,(H,18,20). The monoisotopic (exact) mass is 354 g/mol. The van der Waals surface area contributed by atoms with Crippen LogP contribution in [0.3, 0.4) is 0 Å². The molecule has 0 radical (unpaired) electrons. The highest BCUT2D eigenvalue weighted by molar-refractivity contribution is 7.89. The molecule has 1 aliphatic heterocycles. The van der Waals surface area contributed by atoms with E-state index < -0.39 is 10.0 Å². The first-order chi connectivity index (χ1) is 11.4. The van der Waals surface area contributed by atoms with Crippen LogP contribution in [0, 0.1) is 12.8 Å². The van der Waals surface area contributed by atoms with Crippen LogP contribution >= 0.6 is 0 Å². The number of amides is 1. The largest absolute Gasteiger partial charge is 0.497 e. The van der Waals surface area contributed by atoms with E-state index in [0.717, 1.165) is 6.42 Å². The number of aryl methyl sites for hydroxylation is 1. The van der Waals surface area contributed by atoms with Crippen molar-refractivity contribution in [1.82, 2.24) is 9.62 Å². The maximum absolute atomic E-state index is 12.8. The number of nitrogens with zero attached hydrogens (tertiary/aromatic N) is 1. The molecule has 1 heterocycles. The number of rotatable bonds is 6. The van der Waals surface area contributed by atoms with Crippen LogP contribution in [0.1, 0.15) is 31.7 Å². The summed E-state index contributed by atoms with van der Waals surface area (Å²) in [6.07, 6.45) is 2.02. The molecule has 24 heavy (non-hydrogen) atoms. The van der Waals surface area contributed by atoms with Crippen LogP contribution in [0.15, 0.2) is 23.1 Å². The quantitative estimate of drug-likeness (QED) is 0.847. The zero-order valence-corrected chi connectivity index (χ0v) is 15.4. The van der Waals surface area contributed by atoms with Crippen LogP contribution in [0.5, 0.6) is 5.75 Å². The Labute approximate surface area is 144 Å². The zero-order valence-electron chi connectivity index (χ0n) is 14.5. The molecular weight excluding hydrogens is 328 g/mol. The van der Waals surface area contributed by atoms with Crippen molar-refractivity contribution in [2.75, 3.05) is 26.7 Å². The number of ether oxygens (including phenoxy) is 1. The van der Waals surface area contributed by atoms with E-state index in [0.29, 0.717) is 48.7 Å². The average molecular weight is 354 g/mol. The molecule has 0 aromatic heterocycles. The first kappa shape index (κ1) is 18.7. The third kappa shape index (κ3) is 4.08. The normalized spacial score (nSPS) is 16.8. The van der Waals surface area contributed by atoms with E-state index in [1.807, 2.05) is 6.92 Å². The first-order valence-corrected chi connectivity index (χ1v) is 9.76. The Morgan fingerprint density at radius 1 is 1.33 bits per heavy atom. The van der Waals surface area contributed by atoms with Gasteiger partial charge in [-0.15, -0.1) is 0 Å². The second-order valence-corrected chi connectivity index (χ2v) is 8.01. The summed E-state index contributed by atoms with van der Waals surface area (Å²) in [4.78, 5) is 12.3. The van der Waals surface area contributed by atoms with Crippen LogP contribution in [-0.2, 0) is 14.8 Å². The number of carbonyl (C=O) groups is 1. The lowest BCUT2D eigenvalue weighted by Gasteiger charge is -2.31. The van der Waals surface area contributed by atoms with Gasteiger partial charge in [-0.05, 0) is 49.9 Å². The van der Waals surface area contributed by atoms with Crippen molar-refractivity contribution in [2.45, 2.75) is 38.0 Å². The molecule has 134 valence electrons. The van der Waals surface area contributed by atoms with E-state index in [1.54, 1.807) is 32.2 Å². The maximum Gasteiger partial charge on any atom is 0.243 e. The molecule has 7 heteroatoms. The summed E-state index contributed by atoms with van der Waals surface area (Å²) >= 11 is 0. The van der Waals surface area contributed by atoms with Gasteiger partial charge in [0.15, 0.2) is 0 Å². The van der Waals surface area contributed by atoms with Gasteiger partial charge < -0.3 is 10.1 Å². The molecule has 1 aromatic carbocycles. The number of piperidine rings is 1. The average Bonchev–Trinajstić information content (AvgIpc) is 2.59. The second kappa shape index (κ2) is 7.98. The van der Waals surface area contributed by atoms with Gasteiger partial charge in [0.05, 0.1) is 12.0 Å². The Morgan fingerprint density at radius 2 is 2.00 bits per heavy atom. The summed E-state index contributed by atoms with van der Waals surface area (Å²) in [5, 5.41) is 2.89. The molecule has 0 bridgehead atoms. The van der Waals surface area contributed by atoms with Gasteiger partial charge in [0.25, 0.3) is 0 Å². The number of hydrogen-bond acceptors (Lipinski definition) is 4. The van der Waals surface area contributed by atoms with Crippen LogP contribution in [0.2, 0.25) is 0 Å². The lowest BCUT2D eigenvalue weighted by Crippen LogP contribution is -2.43. The third-order valence-corrected chi connectivity index (χ3v) is 6.43. The molecule has 0 saturated carbocycles. The molecule has 6 nitrogen and oxygen atoms in total. The number of benzene rings is 1. The maximum atomic E-state index is 12.8. The molecule has 0 spiro atoms. The van der Waals surface area contributed by atoms with E-state index in [2.05, 4.69) is 5.32 Å². The summed E-state index contributed by atoms with van der Waals surface area (Å²) in [7, 11) is -1.98. The molecule has 0 unspecified atom stereocenters. The van der Waals surface area contributed by atoms with E-state index >= 15 is 0 Å². The highest BCUT2D eigenvalue weighted by atomic mass is 32.2. The number of methoxy groups -OCH3 is 1. The fraction of sp³-hybridized carbons (Fsp3) is 0.588.